The van der Waals surface area contributed by atoms with Crippen molar-refractivity contribution in [3.8, 4) is 11.5 Å². The number of methoxy groups -OCH3 is 2. The number of aryl methyl sites for hydroxylation is 2. The summed E-state index contributed by atoms with van der Waals surface area (Å²) < 4.78 is 19.6. The highest BCUT2D eigenvalue weighted by Gasteiger charge is 2.50. The molecule has 10 heteroatoms. The molecule has 272 valence electrons. The molecular weight excluding hydrogens is 669 g/mol. The molecule has 1 aliphatic rings. The van der Waals surface area contributed by atoms with Crippen molar-refractivity contribution in [2.24, 2.45) is 5.92 Å². The van der Waals surface area contributed by atoms with Gasteiger partial charge in [0.15, 0.2) is 0 Å². The maximum Gasteiger partial charge on any atom is 0.255 e. The van der Waals surface area contributed by atoms with E-state index in [2.05, 4.69) is 72.0 Å². The monoisotopic (exact) mass is 718 g/mol. The van der Waals surface area contributed by atoms with Crippen LogP contribution in [0.2, 0.25) is 18.6 Å². The normalized spacial score (nSPS) is 19.3. The molecule has 2 N–H and O–H groups in total. The molecule has 0 saturated carbocycles. The fourth-order valence-corrected chi connectivity index (χ4v) is 11.9. The molecular formula is C42H50N4O5Si. The van der Waals surface area contributed by atoms with Crippen LogP contribution in [0.25, 0.3) is 0 Å². The van der Waals surface area contributed by atoms with Crippen LogP contribution in [0, 0.1) is 5.92 Å². The van der Waals surface area contributed by atoms with E-state index in [9.17, 15) is 9.90 Å². The molecule has 0 radical (unpaired) electrons. The van der Waals surface area contributed by atoms with Crippen molar-refractivity contribution in [2.45, 2.75) is 69.5 Å². The SMILES string of the molecule is COc1ccc(C(=O)Nc2ccc(CC[C@H]3O[C@@H](CCn4cc(C(CO)c5ccccc5)nn4)[C@H]([Si](C)(C)c4ccc(OC)cc4)[C@H]3C)cc2)cc1. The van der Waals surface area contributed by atoms with Crippen molar-refractivity contribution in [3.05, 3.63) is 132 Å². The number of rotatable bonds is 15. The average Bonchev–Trinajstić information content (AvgIpc) is 3.78. The molecule has 1 aromatic heterocycles. The van der Waals surface area contributed by atoms with Crippen molar-refractivity contribution in [1.82, 2.24) is 15.0 Å². The second-order valence-corrected chi connectivity index (χ2v) is 19.0. The van der Waals surface area contributed by atoms with Gasteiger partial charge in [-0.25, -0.2) is 0 Å². The minimum Gasteiger partial charge on any atom is -0.497 e. The van der Waals surface area contributed by atoms with Gasteiger partial charge in [-0.05, 0) is 90.4 Å². The summed E-state index contributed by atoms with van der Waals surface area (Å²) in [6.07, 6.45) is 4.74. The van der Waals surface area contributed by atoms with Gasteiger partial charge in [-0.15, -0.1) is 5.10 Å². The Labute approximate surface area is 308 Å². The Kier molecular flexibility index (Phi) is 11.9. The number of aliphatic hydroxyl groups is 1. The Morgan fingerprint density at radius 2 is 1.54 bits per heavy atom. The van der Waals surface area contributed by atoms with Gasteiger partial charge in [0.25, 0.3) is 5.91 Å². The molecule has 5 aromatic rings. The number of carbonyl (C=O) groups excluding carboxylic acids is 1. The molecule has 52 heavy (non-hydrogen) atoms. The van der Waals surface area contributed by atoms with Crippen molar-refractivity contribution in [2.75, 3.05) is 26.1 Å². The molecule has 1 saturated heterocycles. The van der Waals surface area contributed by atoms with Crippen LogP contribution < -0.4 is 20.0 Å². The predicted octanol–water partition coefficient (Wildman–Crippen LogP) is 7.08. The topological polar surface area (TPSA) is 108 Å². The van der Waals surface area contributed by atoms with Gasteiger partial charge in [0.05, 0.1) is 52.7 Å². The third-order valence-electron chi connectivity index (χ3n) is 10.8. The van der Waals surface area contributed by atoms with Crippen LogP contribution in [-0.2, 0) is 17.7 Å². The second kappa shape index (κ2) is 16.7. The number of carbonyl (C=O) groups is 1. The van der Waals surface area contributed by atoms with Gasteiger partial charge in [-0.2, -0.15) is 0 Å². The number of amides is 1. The minimum absolute atomic E-state index is 0.0293. The van der Waals surface area contributed by atoms with Crippen LogP contribution in [0.15, 0.2) is 109 Å². The minimum atomic E-state index is -2.02. The Hall–Kier alpha value is -4.77. The molecule has 0 spiro atoms. The lowest BCUT2D eigenvalue weighted by Gasteiger charge is -2.36. The molecule has 0 aliphatic carbocycles. The highest BCUT2D eigenvalue weighted by molar-refractivity contribution is 6.91. The Morgan fingerprint density at radius 1 is 0.885 bits per heavy atom. The average molecular weight is 719 g/mol. The number of ether oxygens (including phenoxy) is 3. The first kappa shape index (κ1) is 37.0. The van der Waals surface area contributed by atoms with E-state index in [1.165, 1.54) is 10.8 Å². The summed E-state index contributed by atoms with van der Waals surface area (Å²) in [6, 6.07) is 33.8. The first-order valence-corrected chi connectivity index (χ1v) is 21.2. The smallest absolute Gasteiger partial charge is 0.255 e. The Morgan fingerprint density at radius 3 is 2.17 bits per heavy atom. The predicted molar refractivity (Wildman–Crippen MR) is 207 cm³/mol. The molecule has 1 unspecified atom stereocenters. The van der Waals surface area contributed by atoms with Crippen LogP contribution in [-0.4, -0.2) is 67.1 Å². The first-order chi connectivity index (χ1) is 25.2. The van der Waals surface area contributed by atoms with Gasteiger partial charge in [0.1, 0.15) is 11.5 Å². The zero-order valence-corrected chi connectivity index (χ0v) is 31.7. The zero-order chi connectivity index (χ0) is 36.7. The van der Waals surface area contributed by atoms with Crippen LogP contribution >= 0.6 is 0 Å². The van der Waals surface area contributed by atoms with Crippen LogP contribution in [0.4, 0.5) is 5.69 Å². The van der Waals surface area contributed by atoms with E-state index in [0.29, 0.717) is 29.3 Å². The first-order valence-electron chi connectivity index (χ1n) is 18.1. The highest BCUT2D eigenvalue weighted by Crippen LogP contribution is 2.46. The number of anilines is 1. The maximum atomic E-state index is 12.8. The van der Waals surface area contributed by atoms with E-state index in [4.69, 9.17) is 14.2 Å². The molecule has 2 heterocycles. The van der Waals surface area contributed by atoms with Gasteiger partial charge in [-0.1, -0.05) is 85.0 Å². The van der Waals surface area contributed by atoms with E-state index >= 15 is 0 Å². The van der Waals surface area contributed by atoms with Gasteiger partial charge >= 0.3 is 0 Å². The van der Waals surface area contributed by atoms with Gasteiger partial charge in [0, 0.05) is 24.0 Å². The zero-order valence-electron chi connectivity index (χ0n) is 30.7. The number of hydrogen-bond acceptors (Lipinski definition) is 7. The third-order valence-corrected chi connectivity index (χ3v) is 15.2. The molecule has 6 rings (SSSR count). The van der Waals surface area contributed by atoms with Crippen LogP contribution in [0.1, 0.15) is 52.9 Å². The number of nitrogens with one attached hydrogen (secondary N) is 1. The number of hydrogen-bond donors (Lipinski definition) is 2. The molecule has 0 bridgehead atoms. The maximum absolute atomic E-state index is 12.8. The molecule has 9 nitrogen and oxygen atoms in total. The lowest BCUT2D eigenvalue weighted by Crippen LogP contribution is -2.50. The van der Waals surface area contributed by atoms with Crippen LogP contribution in [0.5, 0.6) is 11.5 Å². The number of aliphatic hydroxyl groups excluding tert-OH is 1. The summed E-state index contributed by atoms with van der Waals surface area (Å²) in [5.74, 6) is 1.57. The fraction of sp³-hybridized carbons (Fsp3) is 0.357. The van der Waals surface area contributed by atoms with E-state index in [1.807, 2.05) is 53.3 Å². The van der Waals surface area contributed by atoms with Crippen LogP contribution in [0.3, 0.4) is 0 Å². The summed E-state index contributed by atoms with van der Waals surface area (Å²) >= 11 is 0. The number of benzene rings is 4. The summed E-state index contributed by atoms with van der Waals surface area (Å²) in [7, 11) is 1.29. The van der Waals surface area contributed by atoms with E-state index in [0.717, 1.165) is 42.0 Å². The van der Waals surface area contributed by atoms with E-state index in [-0.39, 0.29) is 30.6 Å². The highest BCUT2D eigenvalue weighted by atomic mass is 28.3. The lowest BCUT2D eigenvalue weighted by atomic mass is 9.95. The molecule has 1 amide bonds. The van der Waals surface area contributed by atoms with Gasteiger partial charge in [-0.3, -0.25) is 9.48 Å². The van der Waals surface area contributed by atoms with Crippen molar-refractivity contribution in [3.63, 3.8) is 0 Å². The summed E-state index contributed by atoms with van der Waals surface area (Å²) in [5.41, 5.74) is 4.72. The largest absolute Gasteiger partial charge is 0.497 e. The summed E-state index contributed by atoms with van der Waals surface area (Å²) in [4.78, 5) is 12.8. The summed E-state index contributed by atoms with van der Waals surface area (Å²) in [6.45, 7) is 7.94. The van der Waals surface area contributed by atoms with Crippen molar-refractivity contribution >= 4 is 24.9 Å². The molecule has 4 aromatic carbocycles. The lowest BCUT2D eigenvalue weighted by molar-refractivity contribution is 0.0250. The summed E-state index contributed by atoms with van der Waals surface area (Å²) in [5, 5.41) is 23.5. The third kappa shape index (κ3) is 8.47. The quantitative estimate of drug-likeness (QED) is 0.111. The fourth-order valence-electron chi connectivity index (χ4n) is 7.82. The molecule has 1 fully saturated rings. The Bertz CT molecular complexity index is 1880. The van der Waals surface area contributed by atoms with E-state index in [1.54, 1.807) is 38.5 Å². The second-order valence-electron chi connectivity index (χ2n) is 14.3. The van der Waals surface area contributed by atoms with Crippen molar-refractivity contribution in [1.29, 1.82) is 0 Å². The number of nitrogens with zero attached hydrogens (tertiary/aromatic N) is 3. The van der Waals surface area contributed by atoms with Gasteiger partial charge < -0.3 is 24.6 Å². The standard InChI is InChI=1S/C42H50N4O5Si/c1-29-39(24-13-30-11-16-33(17-12-30)43-42(48)32-14-18-34(49-2)19-15-32)51-40(41(29)52(4,5)36-22-20-35(50-3)21-23-36)25-26-46-27-38(44-45-46)37(28-47)31-9-7-6-8-10-31/h6-12,14-23,27,29,37,39-41,47H,13,24-26,28H2,1-5H3,(H,43,48)/t29-,37?,39+,40-,41+/m0/s1. The van der Waals surface area contributed by atoms with Crippen molar-refractivity contribution < 1.29 is 24.1 Å². The molecule has 1 aliphatic heterocycles. The molecule has 5 atom stereocenters. The van der Waals surface area contributed by atoms with E-state index < -0.39 is 8.07 Å². The Balaban J connectivity index is 1.13. The number of aromatic nitrogens is 3. The van der Waals surface area contributed by atoms with Gasteiger partial charge in [0.2, 0.25) is 0 Å².